The normalized spacial score (nSPS) is 16.0. The Bertz CT molecular complexity index is 1230. The van der Waals surface area contributed by atoms with E-state index in [1.807, 2.05) is 35.2 Å². The number of hydrogen-bond acceptors (Lipinski definition) is 5. The van der Waals surface area contributed by atoms with E-state index in [1.165, 1.54) is 17.0 Å². The van der Waals surface area contributed by atoms with Crippen LogP contribution in [-0.4, -0.2) is 32.5 Å². The molecule has 4 aromatic rings. The van der Waals surface area contributed by atoms with Crippen molar-refractivity contribution in [3.63, 3.8) is 0 Å². The molecule has 144 valence electrons. The molecule has 29 heavy (non-hydrogen) atoms. The lowest BCUT2D eigenvalue weighted by Gasteiger charge is -2.36. The number of carbonyl (C=O) groups is 1. The molecule has 1 aliphatic heterocycles. The number of fused-ring (bicyclic) bond motifs is 2. The Kier molecular flexibility index (Phi) is 4.13. The van der Waals surface area contributed by atoms with Gasteiger partial charge in [0.1, 0.15) is 0 Å². The molecule has 0 radical (unpaired) electrons. The number of carbonyl (C=O) groups excluding carboxylic acids is 1. The van der Waals surface area contributed by atoms with Gasteiger partial charge in [-0.2, -0.15) is 5.10 Å². The molecule has 0 fully saturated rings. The monoisotopic (exact) mass is 404 g/mol. The number of benzene rings is 2. The first-order valence-corrected chi connectivity index (χ1v) is 10.1. The van der Waals surface area contributed by atoms with E-state index in [0.717, 1.165) is 17.5 Å². The predicted molar refractivity (Wildman–Crippen MR) is 110 cm³/mol. The van der Waals surface area contributed by atoms with E-state index in [1.54, 1.807) is 17.4 Å². The Morgan fingerprint density at radius 1 is 1.21 bits per heavy atom. The molecular formula is C21H16N4O3S. The van der Waals surface area contributed by atoms with Crippen molar-refractivity contribution in [1.29, 1.82) is 0 Å². The van der Waals surface area contributed by atoms with E-state index < -0.39 is 4.92 Å². The third kappa shape index (κ3) is 2.89. The van der Waals surface area contributed by atoms with Gasteiger partial charge in [-0.3, -0.25) is 20.0 Å². The molecule has 2 aromatic carbocycles. The zero-order valence-corrected chi connectivity index (χ0v) is 16.1. The van der Waals surface area contributed by atoms with E-state index in [4.69, 9.17) is 0 Å². The van der Waals surface area contributed by atoms with Gasteiger partial charge in [-0.05, 0) is 35.1 Å². The molecule has 0 saturated carbocycles. The topological polar surface area (TPSA) is 92.1 Å². The minimum Gasteiger partial charge on any atom is -0.326 e. The van der Waals surface area contributed by atoms with Gasteiger partial charge >= 0.3 is 0 Å². The van der Waals surface area contributed by atoms with E-state index in [2.05, 4.69) is 21.6 Å². The van der Waals surface area contributed by atoms with Crippen molar-refractivity contribution in [2.45, 2.75) is 12.5 Å². The predicted octanol–water partition coefficient (Wildman–Crippen LogP) is 4.32. The highest BCUT2D eigenvalue weighted by Gasteiger charge is 2.34. The quantitative estimate of drug-likeness (QED) is 0.407. The van der Waals surface area contributed by atoms with E-state index in [-0.39, 0.29) is 23.3 Å². The van der Waals surface area contributed by atoms with Gasteiger partial charge in [0.05, 0.1) is 16.5 Å². The zero-order valence-electron chi connectivity index (χ0n) is 15.2. The lowest BCUT2D eigenvalue weighted by molar-refractivity contribution is -0.384. The smallest absolute Gasteiger partial charge is 0.275 e. The summed E-state index contributed by atoms with van der Waals surface area (Å²) in [6.45, 7) is 0.565. The average molecular weight is 404 g/mol. The van der Waals surface area contributed by atoms with Gasteiger partial charge in [-0.25, -0.2) is 0 Å². The van der Waals surface area contributed by atoms with Gasteiger partial charge < -0.3 is 4.90 Å². The van der Waals surface area contributed by atoms with E-state index >= 15 is 0 Å². The lowest BCUT2D eigenvalue weighted by atomic mass is 9.93. The summed E-state index contributed by atoms with van der Waals surface area (Å²) >= 11 is 1.71. The van der Waals surface area contributed by atoms with Gasteiger partial charge in [-0.1, -0.05) is 30.3 Å². The Labute approximate surface area is 169 Å². The Hall–Kier alpha value is -3.52. The Morgan fingerprint density at radius 3 is 2.83 bits per heavy atom. The molecule has 5 rings (SSSR count). The number of amides is 1. The number of aromatic nitrogens is 2. The van der Waals surface area contributed by atoms with Crippen LogP contribution in [-0.2, 0) is 6.42 Å². The summed E-state index contributed by atoms with van der Waals surface area (Å²) < 4.78 is 0. The van der Waals surface area contributed by atoms with Crippen molar-refractivity contribution in [3.8, 4) is 0 Å². The summed E-state index contributed by atoms with van der Waals surface area (Å²) in [6.07, 6.45) is 0.782. The van der Waals surface area contributed by atoms with Gasteiger partial charge in [0.25, 0.3) is 11.6 Å². The van der Waals surface area contributed by atoms with Crippen LogP contribution in [0.15, 0.2) is 60.0 Å². The van der Waals surface area contributed by atoms with Crippen molar-refractivity contribution in [2.75, 3.05) is 6.54 Å². The molecular weight excluding hydrogens is 388 g/mol. The second-order valence-corrected chi connectivity index (χ2v) is 7.92. The number of nitro groups is 1. The Balaban J connectivity index is 1.61. The fraction of sp³-hybridized carbons (Fsp3) is 0.143. The van der Waals surface area contributed by atoms with Crippen LogP contribution in [0.2, 0.25) is 0 Å². The highest BCUT2D eigenvalue weighted by atomic mass is 32.1. The van der Waals surface area contributed by atoms with Crippen LogP contribution in [0.3, 0.4) is 0 Å². The largest absolute Gasteiger partial charge is 0.326 e. The minimum absolute atomic E-state index is 0.0636. The molecule has 7 nitrogen and oxygen atoms in total. The number of rotatable bonds is 3. The zero-order chi connectivity index (χ0) is 20.0. The summed E-state index contributed by atoms with van der Waals surface area (Å²) in [5, 5.41) is 20.7. The number of nitro benzene ring substituents is 1. The van der Waals surface area contributed by atoms with Crippen LogP contribution < -0.4 is 0 Å². The van der Waals surface area contributed by atoms with E-state index in [0.29, 0.717) is 17.4 Å². The standard InChI is InChI=1S/C21H16N4O3S/c26-21(19-16-12-14(25(27)28)6-7-17(16)22-23-19)24-10-8-18-15(9-11-29-18)20(24)13-4-2-1-3-5-13/h1-7,9,11-12,20H,8,10H2,(H,22,23)/t20-/m0/s1. The molecule has 0 saturated heterocycles. The molecule has 0 aliphatic carbocycles. The third-order valence-corrected chi connectivity index (χ3v) is 6.30. The number of thiophene rings is 1. The Morgan fingerprint density at radius 2 is 2.03 bits per heavy atom. The molecule has 1 atom stereocenters. The van der Waals surface area contributed by atoms with Crippen molar-refractivity contribution in [2.24, 2.45) is 0 Å². The molecule has 3 heterocycles. The number of hydrogen-bond donors (Lipinski definition) is 1. The van der Waals surface area contributed by atoms with Crippen LogP contribution in [0.4, 0.5) is 5.69 Å². The number of nitrogens with zero attached hydrogens (tertiary/aromatic N) is 3. The fourth-order valence-electron chi connectivity index (χ4n) is 3.94. The maximum absolute atomic E-state index is 13.5. The van der Waals surface area contributed by atoms with Crippen LogP contribution in [0.25, 0.3) is 10.9 Å². The third-order valence-electron chi connectivity index (χ3n) is 5.30. The van der Waals surface area contributed by atoms with Gasteiger partial charge in [-0.15, -0.1) is 11.3 Å². The summed E-state index contributed by atoms with van der Waals surface area (Å²) in [5.41, 5.74) is 2.91. The number of H-pyrrole nitrogens is 1. The highest BCUT2D eigenvalue weighted by molar-refractivity contribution is 7.10. The fourth-order valence-corrected chi connectivity index (χ4v) is 4.85. The summed E-state index contributed by atoms with van der Waals surface area (Å²) in [5.74, 6) is -0.234. The molecule has 1 amide bonds. The first kappa shape index (κ1) is 17.6. The SMILES string of the molecule is O=C(c1n[nH]c2ccc([N+](=O)[O-])cc12)N1CCc2sccc2[C@@H]1c1ccccc1. The summed E-state index contributed by atoms with van der Waals surface area (Å²) in [6, 6.07) is 16.2. The molecule has 1 N–H and O–H groups in total. The second-order valence-electron chi connectivity index (χ2n) is 6.92. The van der Waals surface area contributed by atoms with Gasteiger partial charge in [0, 0.05) is 28.9 Å². The average Bonchev–Trinajstić information content (AvgIpc) is 3.39. The first-order chi connectivity index (χ1) is 14.1. The van der Waals surface area contributed by atoms with Crippen molar-refractivity contribution >= 4 is 33.8 Å². The first-order valence-electron chi connectivity index (χ1n) is 9.18. The van der Waals surface area contributed by atoms with Crippen LogP contribution in [0, 0.1) is 10.1 Å². The van der Waals surface area contributed by atoms with Crippen molar-refractivity contribution < 1.29 is 9.72 Å². The maximum Gasteiger partial charge on any atom is 0.275 e. The van der Waals surface area contributed by atoms with Crippen molar-refractivity contribution in [3.05, 3.63) is 91.8 Å². The molecule has 0 spiro atoms. The van der Waals surface area contributed by atoms with Gasteiger partial charge in [0.15, 0.2) is 5.69 Å². The minimum atomic E-state index is -0.466. The molecule has 0 bridgehead atoms. The highest BCUT2D eigenvalue weighted by Crippen LogP contribution is 2.38. The molecule has 2 aromatic heterocycles. The number of nitrogens with one attached hydrogen (secondary N) is 1. The summed E-state index contributed by atoms with van der Waals surface area (Å²) in [7, 11) is 0. The molecule has 1 aliphatic rings. The second kappa shape index (κ2) is 6.82. The van der Waals surface area contributed by atoms with Crippen molar-refractivity contribution in [1.82, 2.24) is 15.1 Å². The lowest BCUT2D eigenvalue weighted by Crippen LogP contribution is -2.40. The van der Waals surface area contributed by atoms with E-state index in [9.17, 15) is 14.9 Å². The number of non-ortho nitro benzene ring substituents is 1. The molecule has 8 heteroatoms. The van der Waals surface area contributed by atoms with Gasteiger partial charge in [0.2, 0.25) is 0 Å². The van der Waals surface area contributed by atoms with Crippen LogP contribution in [0.5, 0.6) is 0 Å². The number of aromatic amines is 1. The summed E-state index contributed by atoms with van der Waals surface area (Å²) in [4.78, 5) is 27.4. The maximum atomic E-state index is 13.5. The molecule has 0 unspecified atom stereocenters. The van der Waals surface area contributed by atoms with Crippen LogP contribution >= 0.6 is 11.3 Å². The van der Waals surface area contributed by atoms with Crippen LogP contribution in [0.1, 0.15) is 32.5 Å².